The molecule has 0 fully saturated rings. The van der Waals surface area contributed by atoms with Crippen LogP contribution in [0.5, 0.6) is 0 Å². The number of rotatable bonds is 5. The zero-order valence-corrected chi connectivity index (χ0v) is 12.3. The largest absolute Gasteiger partial charge is 0.395 e. The van der Waals surface area contributed by atoms with Crippen molar-refractivity contribution in [3.05, 3.63) is 52.0 Å². The summed E-state index contributed by atoms with van der Waals surface area (Å²) in [4.78, 5) is 16.2. The monoisotopic (exact) mass is 300 g/mol. The minimum absolute atomic E-state index is 0.0456. The van der Waals surface area contributed by atoms with Gasteiger partial charge in [0.2, 0.25) is 0 Å². The molecule has 0 aliphatic rings. The first-order chi connectivity index (χ1) is 10.3. The van der Waals surface area contributed by atoms with Crippen molar-refractivity contribution in [1.82, 2.24) is 10.3 Å². The van der Waals surface area contributed by atoms with Gasteiger partial charge in [0.15, 0.2) is 0 Å². The smallest absolute Gasteiger partial charge is 0.251 e. The van der Waals surface area contributed by atoms with Crippen LogP contribution in [0.15, 0.2) is 35.8 Å². The predicted molar refractivity (Wildman–Crippen MR) is 83.2 cm³/mol. The van der Waals surface area contributed by atoms with Crippen molar-refractivity contribution in [3.8, 4) is 11.8 Å². The Labute approximate surface area is 127 Å². The Bertz CT molecular complexity index is 642. The Balaban J connectivity index is 1.90. The maximum atomic E-state index is 12.0. The van der Waals surface area contributed by atoms with E-state index in [0.717, 1.165) is 17.0 Å². The van der Waals surface area contributed by atoms with Crippen LogP contribution in [0.4, 0.5) is 0 Å². The van der Waals surface area contributed by atoms with Crippen LogP contribution in [-0.2, 0) is 6.42 Å². The molecule has 21 heavy (non-hydrogen) atoms. The number of hydrogen-bond acceptors (Lipinski definition) is 4. The fourth-order valence-corrected chi connectivity index (χ4v) is 2.34. The molecule has 0 radical (unpaired) electrons. The lowest BCUT2D eigenvalue weighted by atomic mass is 10.1. The molecular formula is C16H16N2O2S. The van der Waals surface area contributed by atoms with Gasteiger partial charge in [-0.3, -0.25) is 4.79 Å². The molecule has 4 nitrogen and oxygen atoms in total. The number of aliphatic hydroxyl groups is 1. The van der Waals surface area contributed by atoms with Crippen molar-refractivity contribution in [2.45, 2.75) is 12.8 Å². The molecule has 2 N–H and O–H groups in total. The van der Waals surface area contributed by atoms with E-state index in [9.17, 15) is 4.79 Å². The Morgan fingerprint density at radius 3 is 3.10 bits per heavy atom. The SMILES string of the molecule is O=C(NCCc1nccs1)c1cccc(C#CCCO)c1. The molecule has 0 saturated heterocycles. The highest BCUT2D eigenvalue weighted by atomic mass is 32.1. The first-order valence-electron chi connectivity index (χ1n) is 6.66. The molecule has 0 bridgehead atoms. The number of nitrogens with one attached hydrogen (secondary N) is 1. The fraction of sp³-hybridized carbons (Fsp3) is 0.250. The summed E-state index contributed by atoms with van der Waals surface area (Å²) in [5.41, 5.74) is 1.36. The average Bonchev–Trinajstić information content (AvgIpc) is 3.01. The lowest BCUT2D eigenvalue weighted by molar-refractivity contribution is 0.0954. The van der Waals surface area contributed by atoms with Gasteiger partial charge in [0.1, 0.15) is 0 Å². The molecule has 2 aromatic rings. The number of aromatic nitrogens is 1. The number of nitrogens with zero attached hydrogens (tertiary/aromatic N) is 1. The van der Waals surface area contributed by atoms with E-state index >= 15 is 0 Å². The van der Waals surface area contributed by atoms with Crippen molar-refractivity contribution >= 4 is 17.2 Å². The zero-order chi connectivity index (χ0) is 14.9. The standard InChI is InChI=1S/C16H16N2O2S/c19-10-2-1-4-13-5-3-6-14(12-13)16(20)18-8-7-15-17-9-11-21-15/h3,5-6,9,11-12,19H,2,7-8,10H2,(H,18,20). The number of carbonyl (C=O) groups excluding carboxylic acids is 1. The molecular weight excluding hydrogens is 284 g/mol. The van der Waals surface area contributed by atoms with Gasteiger partial charge >= 0.3 is 0 Å². The van der Waals surface area contributed by atoms with Gasteiger partial charge in [-0.2, -0.15) is 0 Å². The highest BCUT2D eigenvalue weighted by Gasteiger charge is 2.05. The van der Waals surface area contributed by atoms with E-state index in [1.165, 1.54) is 0 Å². The molecule has 1 amide bonds. The van der Waals surface area contributed by atoms with Gasteiger partial charge in [-0.05, 0) is 18.2 Å². The van der Waals surface area contributed by atoms with Crippen molar-refractivity contribution in [2.24, 2.45) is 0 Å². The summed E-state index contributed by atoms with van der Waals surface area (Å²) in [6.07, 6.45) is 2.93. The summed E-state index contributed by atoms with van der Waals surface area (Å²) < 4.78 is 0. The van der Waals surface area contributed by atoms with Crippen LogP contribution in [0.25, 0.3) is 0 Å². The summed E-state index contributed by atoms with van der Waals surface area (Å²) in [7, 11) is 0. The lowest BCUT2D eigenvalue weighted by Gasteiger charge is -2.04. The third-order valence-corrected chi connectivity index (χ3v) is 3.54. The Morgan fingerprint density at radius 2 is 2.33 bits per heavy atom. The molecule has 0 spiro atoms. The minimum Gasteiger partial charge on any atom is -0.395 e. The number of carbonyl (C=O) groups is 1. The van der Waals surface area contributed by atoms with Crippen molar-refractivity contribution in [2.75, 3.05) is 13.2 Å². The first kappa shape index (κ1) is 15.2. The summed E-state index contributed by atoms with van der Waals surface area (Å²) in [6, 6.07) is 7.16. The third-order valence-electron chi connectivity index (χ3n) is 2.70. The maximum Gasteiger partial charge on any atom is 0.251 e. The molecule has 2 rings (SSSR count). The first-order valence-corrected chi connectivity index (χ1v) is 7.54. The third kappa shape index (κ3) is 5.03. The van der Waals surface area contributed by atoms with Crippen LogP contribution in [0.1, 0.15) is 27.3 Å². The Kier molecular flexibility index (Phi) is 5.95. The van der Waals surface area contributed by atoms with Crippen LogP contribution in [0, 0.1) is 11.8 Å². The normalized spacial score (nSPS) is 9.76. The summed E-state index contributed by atoms with van der Waals surface area (Å²) >= 11 is 1.58. The summed E-state index contributed by atoms with van der Waals surface area (Å²) in [5.74, 6) is 5.65. The van der Waals surface area contributed by atoms with Gasteiger partial charge < -0.3 is 10.4 Å². The number of thiazole rings is 1. The highest BCUT2D eigenvalue weighted by Crippen LogP contribution is 2.06. The average molecular weight is 300 g/mol. The van der Waals surface area contributed by atoms with Crippen molar-refractivity contribution in [3.63, 3.8) is 0 Å². The fourth-order valence-electron chi connectivity index (χ4n) is 1.72. The number of amides is 1. The van der Waals surface area contributed by atoms with Gasteiger partial charge in [-0.1, -0.05) is 17.9 Å². The van der Waals surface area contributed by atoms with Gasteiger partial charge in [0.05, 0.1) is 11.6 Å². The van der Waals surface area contributed by atoms with Gasteiger partial charge in [0, 0.05) is 42.1 Å². The van der Waals surface area contributed by atoms with Crippen LogP contribution in [-0.4, -0.2) is 29.1 Å². The molecule has 0 saturated carbocycles. The maximum absolute atomic E-state index is 12.0. The molecule has 1 aromatic carbocycles. The van der Waals surface area contributed by atoms with Gasteiger partial charge in [-0.15, -0.1) is 11.3 Å². The molecule has 0 unspecified atom stereocenters. The van der Waals surface area contributed by atoms with Crippen molar-refractivity contribution in [1.29, 1.82) is 0 Å². The molecule has 1 aromatic heterocycles. The van der Waals surface area contributed by atoms with E-state index in [0.29, 0.717) is 18.5 Å². The summed E-state index contributed by atoms with van der Waals surface area (Å²) in [6.45, 7) is 0.608. The van der Waals surface area contributed by atoms with E-state index in [-0.39, 0.29) is 12.5 Å². The molecule has 0 aliphatic heterocycles. The van der Waals surface area contributed by atoms with Gasteiger partial charge in [-0.25, -0.2) is 4.98 Å². The van der Waals surface area contributed by atoms with Crippen LogP contribution < -0.4 is 5.32 Å². The summed E-state index contributed by atoms with van der Waals surface area (Å²) in [5, 5.41) is 14.5. The van der Waals surface area contributed by atoms with Crippen LogP contribution in [0.3, 0.4) is 0 Å². The van der Waals surface area contributed by atoms with E-state index in [2.05, 4.69) is 22.1 Å². The number of aliphatic hydroxyl groups excluding tert-OH is 1. The molecule has 0 atom stereocenters. The molecule has 5 heteroatoms. The Morgan fingerprint density at radius 1 is 1.43 bits per heavy atom. The highest BCUT2D eigenvalue weighted by molar-refractivity contribution is 7.09. The van der Waals surface area contributed by atoms with Crippen LogP contribution >= 0.6 is 11.3 Å². The van der Waals surface area contributed by atoms with E-state index in [1.54, 1.807) is 35.7 Å². The second-order valence-corrected chi connectivity index (χ2v) is 5.27. The molecule has 108 valence electrons. The minimum atomic E-state index is -0.114. The quantitative estimate of drug-likeness (QED) is 0.828. The van der Waals surface area contributed by atoms with E-state index in [1.807, 2.05) is 11.4 Å². The zero-order valence-electron chi connectivity index (χ0n) is 11.5. The topological polar surface area (TPSA) is 62.2 Å². The van der Waals surface area contributed by atoms with Gasteiger partial charge in [0.25, 0.3) is 5.91 Å². The predicted octanol–water partition coefficient (Wildman–Crippen LogP) is 1.85. The second kappa shape index (κ2) is 8.20. The molecule has 1 heterocycles. The van der Waals surface area contributed by atoms with Crippen LogP contribution in [0.2, 0.25) is 0 Å². The number of hydrogen-bond donors (Lipinski definition) is 2. The molecule has 0 aliphatic carbocycles. The van der Waals surface area contributed by atoms with E-state index in [4.69, 9.17) is 5.11 Å². The van der Waals surface area contributed by atoms with Crippen molar-refractivity contribution < 1.29 is 9.90 Å². The van der Waals surface area contributed by atoms with E-state index < -0.39 is 0 Å². The Hall–Kier alpha value is -2.16. The lowest BCUT2D eigenvalue weighted by Crippen LogP contribution is -2.25. The second-order valence-electron chi connectivity index (χ2n) is 4.29. The number of benzene rings is 1.